The highest BCUT2D eigenvalue weighted by Crippen LogP contribution is 2.38. The van der Waals surface area contributed by atoms with Crippen molar-refractivity contribution >= 4 is 21.2 Å². The average Bonchev–Trinajstić information content (AvgIpc) is 2.60. The molecule has 0 aromatic heterocycles. The van der Waals surface area contributed by atoms with Gasteiger partial charge in [-0.3, -0.25) is 15.0 Å². The highest BCUT2D eigenvalue weighted by Gasteiger charge is 2.39. The van der Waals surface area contributed by atoms with Crippen LogP contribution in [0.5, 0.6) is 0 Å². The van der Waals surface area contributed by atoms with Gasteiger partial charge in [-0.25, -0.2) is 8.42 Å². The number of sulfone groups is 1. The maximum absolute atomic E-state index is 13.1. The minimum Gasteiger partial charge on any atom is -0.371 e. The monoisotopic (exact) mass is 407 g/mol. The normalized spacial score (nSPS) is 22.0. The summed E-state index contributed by atoms with van der Waals surface area (Å²) < 4.78 is 62.5. The number of nitrogens with zero attached hydrogens (tertiary/aromatic N) is 3. The molecule has 1 aromatic carbocycles. The van der Waals surface area contributed by atoms with Crippen LogP contribution < -0.4 is 4.90 Å². The van der Waals surface area contributed by atoms with Crippen LogP contribution in [0.15, 0.2) is 18.2 Å². The minimum atomic E-state index is -4.80. The van der Waals surface area contributed by atoms with Crippen LogP contribution in [0.3, 0.4) is 0 Å². The first-order valence-electron chi connectivity index (χ1n) is 8.62. The Labute approximate surface area is 154 Å². The van der Waals surface area contributed by atoms with E-state index in [-0.39, 0.29) is 17.5 Å². The molecule has 2 aliphatic heterocycles. The van der Waals surface area contributed by atoms with E-state index < -0.39 is 32.2 Å². The highest BCUT2D eigenvalue weighted by atomic mass is 32.2. The summed E-state index contributed by atoms with van der Waals surface area (Å²) in [6.45, 7) is 2.01. The van der Waals surface area contributed by atoms with E-state index in [4.69, 9.17) is 0 Å². The van der Waals surface area contributed by atoms with Gasteiger partial charge >= 0.3 is 6.18 Å². The number of nitro groups is 1. The fraction of sp³-hybridized carbons (Fsp3) is 0.625. The lowest BCUT2D eigenvalue weighted by molar-refractivity contribution is -0.388. The number of hydrogen-bond acceptors (Lipinski definition) is 6. The molecule has 150 valence electrons. The topological polar surface area (TPSA) is 83.8 Å². The van der Waals surface area contributed by atoms with Crippen molar-refractivity contribution in [2.24, 2.45) is 0 Å². The molecule has 1 aromatic rings. The second kappa shape index (κ2) is 7.27. The van der Waals surface area contributed by atoms with Gasteiger partial charge in [0.05, 0.1) is 16.4 Å². The van der Waals surface area contributed by atoms with Gasteiger partial charge in [-0.05, 0) is 25.0 Å². The van der Waals surface area contributed by atoms with Crippen LogP contribution in [-0.2, 0) is 16.0 Å². The molecule has 0 radical (unpaired) electrons. The number of halogens is 3. The van der Waals surface area contributed by atoms with Gasteiger partial charge in [0.2, 0.25) is 0 Å². The summed E-state index contributed by atoms with van der Waals surface area (Å²) >= 11 is 0. The molecular weight excluding hydrogens is 387 g/mol. The predicted octanol–water partition coefficient (Wildman–Crippen LogP) is 2.31. The highest BCUT2D eigenvalue weighted by molar-refractivity contribution is 7.91. The molecule has 0 unspecified atom stereocenters. The second-order valence-corrected chi connectivity index (χ2v) is 9.17. The third-order valence-corrected chi connectivity index (χ3v) is 6.82. The van der Waals surface area contributed by atoms with E-state index in [0.29, 0.717) is 44.7 Å². The predicted molar refractivity (Wildman–Crippen MR) is 93.6 cm³/mol. The number of benzene rings is 1. The van der Waals surface area contributed by atoms with E-state index in [0.717, 1.165) is 12.1 Å². The first-order chi connectivity index (χ1) is 12.6. The van der Waals surface area contributed by atoms with E-state index >= 15 is 0 Å². The number of rotatable bonds is 3. The van der Waals surface area contributed by atoms with Crippen molar-refractivity contribution < 1.29 is 26.5 Å². The van der Waals surface area contributed by atoms with Crippen molar-refractivity contribution in [2.75, 3.05) is 42.6 Å². The molecule has 0 bridgehead atoms. The summed E-state index contributed by atoms with van der Waals surface area (Å²) in [4.78, 5) is 13.8. The first kappa shape index (κ1) is 19.9. The Morgan fingerprint density at radius 1 is 1.07 bits per heavy atom. The van der Waals surface area contributed by atoms with Gasteiger partial charge in [0.15, 0.2) is 9.84 Å². The number of alkyl halides is 3. The Bertz CT molecular complexity index is 807. The molecule has 0 aliphatic carbocycles. The molecular formula is C16H20F3N3O4S. The molecule has 0 N–H and O–H groups in total. The Morgan fingerprint density at radius 2 is 1.67 bits per heavy atom. The lowest BCUT2D eigenvalue weighted by Crippen LogP contribution is -2.50. The van der Waals surface area contributed by atoms with Crippen LogP contribution in [-0.4, -0.2) is 62.0 Å². The lowest BCUT2D eigenvalue weighted by atomic mass is 10.0. The zero-order valence-electron chi connectivity index (χ0n) is 14.5. The molecule has 0 spiro atoms. The summed E-state index contributed by atoms with van der Waals surface area (Å²) in [5.74, 6) is 0.287. The third-order valence-electron chi connectivity index (χ3n) is 5.21. The zero-order valence-corrected chi connectivity index (χ0v) is 15.3. The third kappa shape index (κ3) is 4.52. The van der Waals surface area contributed by atoms with Crippen LogP contribution in [0.25, 0.3) is 0 Å². The maximum atomic E-state index is 13.1. The molecule has 3 rings (SSSR count). The zero-order chi connectivity index (χ0) is 19.8. The summed E-state index contributed by atoms with van der Waals surface area (Å²) in [5, 5.41) is 10.9. The van der Waals surface area contributed by atoms with E-state index in [9.17, 15) is 31.7 Å². The van der Waals surface area contributed by atoms with E-state index in [1.54, 1.807) is 4.90 Å². The Hall–Kier alpha value is -1.88. The van der Waals surface area contributed by atoms with Gasteiger partial charge in [0.25, 0.3) is 5.69 Å². The molecule has 0 saturated carbocycles. The van der Waals surface area contributed by atoms with E-state index in [1.807, 2.05) is 0 Å². The summed E-state index contributed by atoms with van der Waals surface area (Å²) in [6.07, 6.45) is -3.38. The van der Waals surface area contributed by atoms with Crippen molar-refractivity contribution in [3.63, 3.8) is 0 Å². The molecule has 0 amide bonds. The number of piperidine rings is 1. The van der Waals surface area contributed by atoms with Gasteiger partial charge < -0.3 is 4.90 Å². The molecule has 2 fully saturated rings. The first-order valence-corrected chi connectivity index (χ1v) is 10.4. The lowest BCUT2D eigenvalue weighted by Gasteiger charge is -2.40. The summed E-state index contributed by atoms with van der Waals surface area (Å²) in [7, 11) is -2.95. The largest absolute Gasteiger partial charge is 0.423 e. The number of anilines is 1. The van der Waals surface area contributed by atoms with Gasteiger partial charge in [-0.2, -0.15) is 13.2 Å². The van der Waals surface area contributed by atoms with Crippen molar-refractivity contribution in [2.45, 2.75) is 25.1 Å². The standard InChI is InChI=1S/C16H20F3N3O4S/c17-16(18,19)14-11-13(1-2-15(14)22(23)24)20-5-3-12(4-6-20)21-7-9-27(25,26)10-8-21/h1-2,11-12H,3-10H2. The number of hydrogen-bond donors (Lipinski definition) is 0. The molecule has 27 heavy (non-hydrogen) atoms. The molecule has 11 heteroatoms. The van der Waals surface area contributed by atoms with Gasteiger partial charge in [-0.15, -0.1) is 0 Å². The van der Waals surface area contributed by atoms with Crippen molar-refractivity contribution in [3.8, 4) is 0 Å². The molecule has 2 heterocycles. The average molecular weight is 407 g/mol. The van der Waals surface area contributed by atoms with E-state index in [2.05, 4.69) is 4.90 Å². The second-order valence-electron chi connectivity index (χ2n) is 6.86. The van der Waals surface area contributed by atoms with Crippen LogP contribution in [0, 0.1) is 10.1 Å². The maximum Gasteiger partial charge on any atom is 0.423 e. The van der Waals surface area contributed by atoms with Crippen LogP contribution in [0.2, 0.25) is 0 Å². The van der Waals surface area contributed by atoms with Crippen LogP contribution in [0.1, 0.15) is 18.4 Å². The molecule has 2 saturated heterocycles. The van der Waals surface area contributed by atoms with E-state index in [1.165, 1.54) is 6.07 Å². The quantitative estimate of drug-likeness (QED) is 0.565. The van der Waals surface area contributed by atoms with Gasteiger partial charge in [0, 0.05) is 44.0 Å². The smallest absolute Gasteiger partial charge is 0.371 e. The molecule has 0 atom stereocenters. The summed E-state index contributed by atoms with van der Waals surface area (Å²) in [6, 6.07) is 3.30. The van der Waals surface area contributed by atoms with Crippen LogP contribution >= 0.6 is 0 Å². The van der Waals surface area contributed by atoms with Gasteiger partial charge in [0.1, 0.15) is 5.56 Å². The Kier molecular flexibility index (Phi) is 5.35. The Morgan fingerprint density at radius 3 is 2.19 bits per heavy atom. The Balaban J connectivity index is 1.68. The van der Waals surface area contributed by atoms with Crippen molar-refractivity contribution in [1.82, 2.24) is 4.90 Å². The molecule has 7 nitrogen and oxygen atoms in total. The fourth-order valence-corrected chi connectivity index (χ4v) is 4.92. The van der Waals surface area contributed by atoms with Gasteiger partial charge in [-0.1, -0.05) is 0 Å². The minimum absolute atomic E-state index is 0.143. The SMILES string of the molecule is O=[N+]([O-])c1ccc(N2CCC(N3CCS(=O)(=O)CC3)CC2)cc1C(F)(F)F. The number of nitro benzene ring substituents is 1. The van der Waals surface area contributed by atoms with Crippen molar-refractivity contribution in [1.29, 1.82) is 0 Å². The fourth-order valence-electron chi connectivity index (χ4n) is 3.69. The van der Waals surface area contributed by atoms with Crippen LogP contribution in [0.4, 0.5) is 24.5 Å². The molecule has 2 aliphatic rings. The van der Waals surface area contributed by atoms with Crippen molar-refractivity contribution in [3.05, 3.63) is 33.9 Å². The summed E-state index contributed by atoms with van der Waals surface area (Å²) in [5.41, 5.74) is -1.88.